The molecule has 8 nitrogen and oxygen atoms in total. The molecule has 3 aromatic rings. The summed E-state index contributed by atoms with van der Waals surface area (Å²) >= 11 is 0. The molecule has 3 N–H and O–H groups in total. The molecule has 0 fully saturated rings. The number of hydrogen-bond donors (Lipinski definition) is 3. The molecule has 4 rings (SSSR count). The molecular formula is C15H10F2N4O4. The number of aromatic nitrogens is 3. The zero-order chi connectivity index (χ0) is 17.6. The molecule has 10 heteroatoms. The molecule has 25 heavy (non-hydrogen) atoms. The van der Waals surface area contributed by atoms with E-state index in [1.807, 2.05) is 0 Å². The lowest BCUT2D eigenvalue weighted by molar-refractivity contribution is -0.286. The molecule has 0 spiro atoms. The smallest absolute Gasteiger partial charge is 0.395 e. The Morgan fingerprint density at radius 2 is 2.08 bits per heavy atom. The van der Waals surface area contributed by atoms with Crippen LogP contribution in [0.25, 0.3) is 11.2 Å². The van der Waals surface area contributed by atoms with Crippen molar-refractivity contribution in [1.29, 1.82) is 0 Å². The van der Waals surface area contributed by atoms with Gasteiger partial charge in [0.15, 0.2) is 17.1 Å². The fourth-order valence-electron chi connectivity index (χ4n) is 2.56. The molecule has 128 valence electrons. The summed E-state index contributed by atoms with van der Waals surface area (Å²) in [5, 5.41) is 2.59. The van der Waals surface area contributed by atoms with Crippen LogP contribution in [0.1, 0.15) is 15.9 Å². The minimum atomic E-state index is -3.73. The third-order valence-corrected chi connectivity index (χ3v) is 3.62. The van der Waals surface area contributed by atoms with E-state index < -0.39 is 17.9 Å². The standard InChI is InChI=1S/C15H10F2N4O4/c16-15(17)24-9-3-1-2-7(11(9)25-15)6-19-13(22)8-4-5-18-12-10(8)20-14(23)21-12/h1-5H,6H2,(H,19,22)(H2,18,20,21,23). The predicted octanol–water partition coefficient (Wildman–Crippen LogP) is 1.50. The highest BCUT2D eigenvalue weighted by atomic mass is 19.3. The lowest BCUT2D eigenvalue weighted by Gasteiger charge is -2.09. The Balaban J connectivity index is 1.57. The van der Waals surface area contributed by atoms with Gasteiger partial charge >= 0.3 is 12.0 Å². The average Bonchev–Trinajstić information content (AvgIpc) is 3.09. The lowest BCUT2D eigenvalue weighted by atomic mass is 10.1. The molecule has 1 aliphatic heterocycles. The number of benzene rings is 1. The number of aromatic amines is 2. The van der Waals surface area contributed by atoms with E-state index in [1.165, 1.54) is 30.5 Å². The van der Waals surface area contributed by atoms with Crippen molar-refractivity contribution in [3.8, 4) is 11.5 Å². The van der Waals surface area contributed by atoms with Crippen molar-refractivity contribution in [1.82, 2.24) is 20.3 Å². The van der Waals surface area contributed by atoms with Crippen molar-refractivity contribution < 1.29 is 23.0 Å². The van der Waals surface area contributed by atoms with Gasteiger partial charge in [-0.2, -0.15) is 0 Å². The number of carbonyl (C=O) groups is 1. The first-order chi connectivity index (χ1) is 11.9. The van der Waals surface area contributed by atoms with Gasteiger partial charge in [-0.3, -0.25) is 9.78 Å². The monoisotopic (exact) mass is 348 g/mol. The SMILES string of the molecule is O=C(NCc1cccc2c1OC(F)(F)O2)c1ccnc2[nH]c(=O)[nH]c12. The minimum absolute atomic E-state index is 0.0695. The number of alkyl halides is 2. The van der Waals surface area contributed by atoms with Gasteiger partial charge in [0, 0.05) is 18.3 Å². The molecule has 2 aromatic heterocycles. The maximum absolute atomic E-state index is 13.2. The Kier molecular flexibility index (Phi) is 3.20. The summed E-state index contributed by atoms with van der Waals surface area (Å²) in [4.78, 5) is 32.6. The topological polar surface area (TPSA) is 109 Å². The molecule has 0 unspecified atom stereocenters. The second-order valence-corrected chi connectivity index (χ2v) is 5.26. The fourth-order valence-corrected chi connectivity index (χ4v) is 2.56. The van der Waals surface area contributed by atoms with Crippen molar-refractivity contribution in [2.24, 2.45) is 0 Å². The zero-order valence-electron chi connectivity index (χ0n) is 12.4. The largest absolute Gasteiger partial charge is 0.586 e. The highest BCUT2D eigenvalue weighted by Crippen LogP contribution is 2.43. The van der Waals surface area contributed by atoms with E-state index in [2.05, 4.69) is 29.7 Å². The van der Waals surface area contributed by atoms with E-state index in [0.717, 1.165) is 0 Å². The summed E-state index contributed by atoms with van der Waals surface area (Å²) < 4.78 is 35.2. The molecule has 1 amide bonds. The number of nitrogens with zero attached hydrogens (tertiary/aromatic N) is 1. The van der Waals surface area contributed by atoms with Crippen molar-refractivity contribution in [3.63, 3.8) is 0 Å². The molecule has 3 heterocycles. The van der Waals surface area contributed by atoms with Crippen LogP contribution in [0.4, 0.5) is 8.78 Å². The summed E-state index contributed by atoms with van der Waals surface area (Å²) in [5.74, 6) is -0.730. The van der Waals surface area contributed by atoms with Crippen LogP contribution in [0.3, 0.4) is 0 Å². The van der Waals surface area contributed by atoms with Crippen molar-refractivity contribution in [2.45, 2.75) is 12.8 Å². The van der Waals surface area contributed by atoms with E-state index in [9.17, 15) is 18.4 Å². The van der Waals surface area contributed by atoms with E-state index in [1.54, 1.807) is 0 Å². The number of H-pyrrole nitrogens is 2. The van der Waals surface area contributed by atoms with E-state index in [-0.39, 0.29) is 34.8 Å². The highest BCUT2D eigenvalue weighted by molar-refractivity contribution is 6.03. The Labute approximate surface area is 137 Å². The van der Waals surface area contributed by atoms with Crippen LogP contribution in [0.15, 0.2) is 35.3 Å². The molecule has 0 radical (unpaired) electrons. The van der Waals surface area contributed by atoms with Crippen LogP contribution in [0.5, 0.6) is 11.5 Å². The summed E-state index contributed by atoms with van der Waals surface area (Å²) in [6, 6.07) is 5.83. The van der Waals surface area contributed by atoms with Crippen molar-refractivity contribution in [2.75, 3.05) is 0 Å². The van der Waals surface area contributed by atoms with E-state index in [0.29, 0.717) is 5.56 Å². The van der Waals surface area contributed by atoms with Gasteiger partial charge in [-0.1, -0.05) is 12.1 Å². The van der Waals surface area contributed by atoms with Gasteiger partial charge in [0.25, 0.3) is 5.91 Å². The number of ether oxygens (including phenoxy) is 2. The predicted molar refractivity (Wildman–Crippen MR) is 80.5 cm³/mol. The summed E-state index contributed by atoms with van der Waals surface area (Å²) in [6.45, 7) is -0.0695. The maximum Gasteiger partial charge on any atom is 0.586 e. The van der Waals surface area contributed by atoms with Gasteiger partial charge in [0.1, 0.15) is 0 Å². The number of hydrogen-bond acceptors (Lipinski definition) is 5. The van der Waals surface area contributed by atoms with Crippen LogP contribution >= 0.6 is 0 Å². The Hall–Kier alpha value is -3.43. The summed E-state index contributed by atoms with van der Waals surface area (Å²) in [7, 11) is 0. The minimum Gasteiger partial charge on any atom is -0.395 e. The van der Waals surface area contributed by atoms with Crippen molar-refractivity contribution in [3.05, 3.63) is 52.1 Å². The van der Waals surface area contributed by atoms with Crippen LogP contribution in [-0.2, 0) is 6.54 Å². The third kappa shape index (κ3) is 2.67. The zero-order valence-corrected chi connectivity index (χ0v) is 12.4. The Morgan fingerprint density at radius 1 is 1.24 bits per heavy atom. The normalized spacial score (nSPS) is 14.6. The number of fused-ring (bicyclic) bond motifs is 2. The van der Waals surface area contributed by atoms with Crippen LogP contribution in [0.2, 0.25) is 0 Å². The van der Waals surface area contributed by atoms with E-state index in [4.69, 9.17) is 0 Å². The van der Waals surface area contributed by atoms with Crippen molar-refractivity contribution >= 4 is 17.1 Å². The summed E-state index contributed by atoms with van der Waals surface area (Å²) in [6.07, 6.45) is -2.36. The molecule has 0 saturated carbocycles. The van der Waals surface area contributed by atoms with Gasteiger partial charge in [-0.25, -0.2) is 9.78 Å². The van der Waals surface area contributed by atoms with Crippen LogP contribution < -0.4 is 20.5 Å². The van der Waals surface area contributed by atoms with E-state index >= 15 is 0 Å². The number of amides is 1. The molecule has 0 aliphatic carbocycles. The first-order valence-electron chi connectivity index (χ1n) is 7.16. The first kappa shape index (κ1) is 15.1. The molecule has 1 aliphatic rings. The van der Waals surface area contributed by atoms with Gasteiger partial charge in [0.2, 0.25) is 0 Å². The number of carbonyl (C=O) groups excluding carboxylic acids is 1. The Bertz CT molecular complexity index is 1040. The van der Waals surface area contributed by atoms with Crippen LogP contribution in [-0.4, -0.2) is 27.2 Å². The second kappa shape index (κ2) is 5.30. The highest BCUT2D eigenvalue weighted by Gasteiger charge is 2.44. The number of para-hydroxylation sites is 1. The van der Waals surface area contributed by atoms with Gasteiger partial charge in [-0.05, 0) is 12.1 Å². The maximum atomic E-state index is 13.2. The molecule has 0 atom stereocenters. The molecule has 0 bridgehead atoms. The number of nitrogens with one attached hydrogen (secondary N) is 3. The first-order valence-corrected chi connectivity index (χ1v) is 7.16. The Morgan fingerprint density at radius 3 is 2.92 bits per heavy atom. The fraction of sp³-hybridized carbons (Fsp3) is 0.133. The number of halogens is 2. The van der Waals surface area contributed by atoms with Gasteiger partial charge < -0.3 is 19.8 Å². The second-order valence-electron chi connectivity index (χ2n) is 5.26. The number of pyridine rings is 1. The number of imidazole rings is 1. The van der Waals surface area contributed by atoms with Crippen LogP contribution in [0, 0.1) is 0 Å². The van der Waals surface area contributed by atoms with Gasteiger partial charge in [-0.15, -0.1) is 8.78 Å². The summed E-state index contributed by atoms with van der Waals surface area (Å²) in [5.41, 5.74) is 0.537. The lowest BCUT2D eigenvalue weighted by Crippen LogP contribution is -2.26. The number of rotatable bonds is 3. The third-order valence-electron chi connectivity index (χ3n) is 3.62. The average molecular weight is 348 g/mol. The molecule has 0 saturated heterocycles. The quantitative estimate of drug-likeness (QED) is 0.665. The molecular weight excluding hydrogens is 338 g/mol. The molecule has 1 aromatic carbocycles. The van der Waals surface area contributed by atoms with Gasteiger partial charge in [0.05, 0.1) is 11.1 Å².